The molecule has 1 saturated heterocycles. The summed E-state index contributed by atoms with van der Waals surface area (Å²) >= 11 is 0. The zero-order chi connectivity index (χ0) is 24.1. The molecule has 0 aliphatic carbocycles. The molecule has 0 radical (unpaired) electrons. The van der Waals surface area contributed by atoms with E-state index in [1.165, 1.54) is 29.2 Å². The Kier molecular flexibility index (Phi) is 7.55. The Labute approximate surface area is 199 Å². The van der Waals surface area contributed by atoms with Gasteiger partial charge >= 0.3 is 6.09 Å². The average molecular weight is 466 g/mol. The molecule has 0 N–H and O–H groups in total. The van der Waals surface area contributed by atoms with Crippen molar-refractivity contribution in [3.8, 4) is 5.75 Å². The largest absolute Gasteiger partial charge is 0.414 e. The van der Waals surface area contributed by atoms with Crippen LogP contribution in [0.2, 0.25) is 0 Å². The van der Waals surface area contributed by atoms with Crippen LogP contribution < -0.4 is 4.74 Å². The summed E-state index contributed by atoms with van der Waals surface area (Å²) in [5, 5.41) is 0. The molecule has 5 nitrogen and oxygen atoms in total. The van der Waals surface area contributed by atoms with E-state index in [4.69, 9.17) is 4.74 Å². The lowest BCUT2D eigenvalue weighted by Gasteiger charge is -2.40. The summed E-state index contributed by atoms with van der Waals surface area (Å²) in [7, 11) is 3.29. The van der Waals surface area contributed by atoms with Crippen molar-refractivity contribution in [3.05, 3.63) is 101 Å². The molecule has 7 heteroatoms. The zero-order valence-corrected chi connectivity index (χ0v) is 19.5. The molecule has 3 aromatic rings. The molecule has 1 amide bonds. The highest BCUT2D eigenvalue weighted by Crippen LogP contribution is 2.30. The summed E-state index contributed by atoms with van der Waals surface area (Å²) in [6.07, 6.45) is -0.402. The number of rotatable bonds is 6. The van der Waals surface area contributed by atoms with Crippen LogP contribution in [0.5, 0.6) is 5.75 Å². The van der Waals surface area contributed by atoms with Gasteiger partial charge in [-0.25, -0.2) is 13.6 Å². The first-order valence-corrected chi connectivity index (χ1v) is 11.3. The number of nitrogens with zero attached hydrogens (tertiary/aromatic N) is 3. The number of piperazine rings is 1. The van der Waals surface area contributed by atoms with Gasteiger partial charge in [-0.05, 0) is 53.1 Å². The van der Waals surface area contributed by atoms with Crippen LogP contribution in [0.3, 0.4) is 0 Å². The Hall–Kier alpha value is -3.29. The van der Waals surface area contributed by atoms with E-state index in [9.17, 15) is 13.6 Å². The van der Waals surface area contributed by atoms with Crippen LogP contribution >= 0.6 is 0 Å². The summed E-state index contributed by atoms with van der Waals surface area (Å²) in [5.74, 6) is -0.0171. The second kappa shape index (κ2) is 10.8. The molecule has 0 bridgehead atoms. The molecule has 1 heterocycles. The van der Waals surface area contributed by atoms with E-state index >= 15 is 0 Å². The zero-order valence-electron chi connectivity index (χ0n) is 19.5. The van der Waals surface area contributed by atoms with E-state index in [0.717, 1.165) is 49.4 Å². The topological polar surface area (TPSA) is 36.0 Å². The fraction of sp³-hybridized carbons (Fsp3) is 0.296. The van der Waals surface area contributed by atoms with E-state index in [2.05, 4.69) is 9.80 Å². The lowest BCUT2D eigenvalue weighted by Crippen LogP contribution is -2.47. The Morgan fingerprint density at radius 2 is 1.32 bits per heavy atom. The van der Waals surface area contributed by atoms with Crippen molar-refractivity contribution in [2.24, 2.45) is 0 Å². The van der Waals surface area contributed by atoms with Gasteiger partial charge in [0.15, 0.2) is 0 Å². The predicted octanol–water partition coefficient (Wildman–Crippen LogP) is 4.93. The Bertz CT molecular complexity index is 1030. The highest BCUT2D eigenvalue weighted by Gasteiger charge is 2.26. The van der Waals surface area contributed by atoms with Crippen molar-refractivity contribution in [2.75, 3.05) is 40.3 Å². The van der Waals surface area contributed by atoms with Gasteiger partial charge in [-0.3, -0.25) is 9.80 Å². The monoisotopic (exact) mass is 465 g/mol. The number of carbonyl (C=O) groups is 1. The fourth-order valence-corrected chi connectivity index (χ4v) is 4.20. The Morgan fingerprint density at radius 3 is 1.79 bits per heavy atom. The molecule has 1 fully saturated rings. The first-order chi connectivity index (χ1) is 16.4. The van der Waals surface area contributed by atoms with E-state index in [0.29, 0.717) is 5.75 Å². The number of hydrogen-bond donors (Lipinski definition) is 0. The van der Waals surface area contributed by atoms with Gasteiger partial charge in [-0.1, -0.05) is 36.4 Å². The third kappa shape index (κ3) is 5.98. The van der Waals surface area contributed by atoms with Crippen LogP contribution in [0, 0.1) is 11.6 Å². The normalized spacial score (nSPS) is 14.9. The number of carbonyl (C=O) groups excluding carboxylic acids is 1. The Balaban J connectivity index is 1.40. The Morgan fingerprint density at radius 1 is 0.824 bits per heavy atom. The predicted molar refractivity (Wildman–Crippen MR) is 128 cm³/mol. The van der Waals surface area contributed by atoms with Gasteiger partial charge in [0, 0.05) is 46.8 Å². The van der Waals surface area contributed by atoms with Gasteiger partial charge in [0.05, 0.1) is 6.04 Å². The van der Waals surface area contributed by atoms with Crippen molar-refractivity contribution in [1.82, 2.24) is 14.7 Å². The molecule has 0 atom stereocenters. The van der Waals surface area contributed by atoms with Crippen LogP contribution in [0.15, 0.2) is 72.8 Å². The van der Waals surface area contributed by atoms with Gasteiger partial charge in [-0.15, -0.1) is 0 Å². The van der Waals surface area contributed by atoms with Crippen molar-refractivity contribution in [1.29, 1.82) is 0 Å². The SMILES string of the molecule is CN(C)C(=O)Oc1ccc(CN2CCN(C(c3ccc(F)cc3)c3ccc(F)cc3)CC2)cc1. The fourth-order valence-electron chi connectivity index (χ4n) is 4.20. The molecule has 0 saturated carbocycles. The molecule has 4 rings (SSSR count). The summed E-state index contributed by atoms with van der Waals surface area (Å²) in [6, 6.07) is 20.6. The van der Waals surface area contributed by atoms with Crippen molar-refractivity contribution >= 4 is 6.09 Å². The second-order valence-corrected chi connectivity index (χ2v) is 8.72. The van der Waals surface area contributed by atoms with Crippen LogP contribution in [-0.2, 0) is 6.54 Å². The lowest BCUT2D eigenvalue weighted by molar-refractivity contribution is 0.105. The summed E-state index contributed by atoms with van der Waals surface area (Å²) < 4.78 is 32.3. The highest BCUT2D eigenvalue weighted by atomic mass is 19.1. The summed E-state index contributed by atoms with van der Waals surface area (Å²) in [5.41, 5.74) is 3.13. The molecule has 1 aliphatic heterocycles. The molecule has 3 aromatic carbocycles. The standard InChI is InChI=1S/C27H29F2N3O2/c1-30(2)27(33)34-25-13-3-20(4-14-25)19-31-15-17-32(18-16-31)26(21-5-9-23(28)10-6-21)22-7-11-24(29)12-8-22/h3-14,26H,15-19H2,1-2H3. The van der Waals surface area contributed by atoms with Gasteiger partial charge in [-0.2, -0.15) is 0 Å². The molecule has 34 heavy (non-hydrogen) atoms. The first kappa shape index (κ1) is 23.9. The maximum Gasteiger partial charge on any atom is 0.414 e. The van der Waals surface area contributed by atoms with Gasteiger partial charge in [0.2, 0.25) is 0 Å². The second-order valence-electron chi connectivity index (χ2n) is 8.72. The van der Waals surface area contributed by atoms with Gasteiger partial charge in [0.25, 0.3) is 0 Å². The minimum Gasteiger partial charge on any atom is -0.410 e. The van der Waals surface area contributed by atoms with Crippen molar-refractivity contribution < 1.29 is 18.3 Å². The molecule has 1 aliphatic rings. The van der Waals surface area contributed by atoms with E-state index in [1.54, 1.807) is 38.4 Å². The summed E-state index contributed by atoms with van der Waals surface area (Å²) in [6.45, 7) is 4.20. The van der Waals surface area contributed by atoms with E-state index < -0.39 is 6.09 Å². The van der Waals surface area contributed by atoms with Crippen molar-refractivity contribution in [2.45, 2.75) is 12.6 Å². The molecule has 0 aromatic heterocycles. The van der Waals surface area contributed by atoms with E-state index in [1.807, 2.05) is 24.3 Å². The minimum atomic E-state index is -0.402. The smallest absolute Gasteiger partial charge is 0.410 e. The van der Waals surface area contributed by atoms with Gasteiger partial charge in [0.1, 0.15) is 17.4 Å². The molecule has 178 valence electrons. The lowest BCUT2D eigenvalue weighted by atomic mass is 9.96. The highest BCUT2D eigenvalue weighted by molar-refractivity contribution is 5.69. The van der Waals surface area contributed by atoms with Crippen LogP contribution in [-0.4, -0.2) is 61.1 Å². The van der Waals surface area contributed by atoms with Crippen LogP contribution in [0.25, 0.3) is 0 Å². The maximum absolute atomic E-state index is 13.5. The van der Waals surface area contributed by atoms with Crippen molar-refractivity contribution in [3.63, 3.8) is 0 Å². The quantitative estimate of drug-likeness (QED) is 0.517. The van der Waals surface area contributed by atoms with E-state index in [-0.39, 0.29) is 17.7 Å². The number of ether oxygens (including phenoxy) is 1. The van der Waals surface area contributed by atoms with Crippen LogP contribution in [0.4, 0.5) is 13.6 Å². The summed E-state index contributed by atoms with van der Waals surface area (Å²) in [4.78, 5) is 17.8. The molecule has 0 spiro atoms. The minimum absolute atomic E-state index is 0.0611. The maximum atomic E-state index is 13.5. The number of halogens is 2. The molecular weight excluding hydrogens is 436 g/mol. The number of hydrogen-bond acceptors (Lipinski definition) is 4. The number of amides is 1. The number of benzene rings is 3. The molecule has 0 unspecified atom stereocenters. The van der Waals surface area contributed by atoms with Crippen LogP contribution in [0.1, 0.15) is 22.7 Å². The first-order valence-electron chi connectivity index (χ1n) is 11.3. The third-order valence-electron chi connectivity index (χ3n) is 6.04. The average Bonchev–Trinajstić information content (AvgIpc) is 2.84. The molecular formula is C27H29F2N3O2. The van der Waals surface area contributed by atoms with Gasteiger partial charge < -0.3 is 9.64 Å². The third-order valence-corrected chi connectivity index (χ3v) is 6.04.